The van der Waals surface area contributed by atoms with Crippen molar-refractivity contribution in [3.63, 3.8) is 0 Å². The van der Waals surface area contributed by atoms with Crippen LogP contribution in [0.1, 0.15) is 29.2 Å². The Hall–Kier alpha value is -2.38. The number of hydrogen-bond donors (Lipinski definition) is 0. The molecule has 27 heavy (non-hydrogen) atoms. The summed E-state index contributed by atoms with van der Waals surface area (Å²) in [5.74, 6) is 1.60. The first-order valence-electron chi connectivity index (χ1n) is 8.52. The maximum atomic E-state index is 12.6. The summed E-state index contributed by atoms with van der Waals surface area (Å²) in [6.45, 7) is 0. The molecule has 1 aromatic carbocycles. The number of hydrogen-bond acceptors (Lipinski definition) is 6. The number of nitrogens with zero attached hydrogens (tertiary/aromatic N) is 4. The predicted molar refractivity (Wildman–Crippen MR) is 105 cm³/mol. The highest BCUT2D eigenvalue weighted by atomic mass is 35.5. The number of carbonyl (C=O) groups is 1. The SMILES string of the molecule is COc1ccc(C(=O)CSc2nnc(-c3cccnc3)n2C2CC2)cc1Cl. The second-order valence-corrected chi connectivity index (χ2v) is 7.56. The van der Waals surface area contributed by atoms with Gasteiger partial charge in [0.15, 0.2) is 16.8 Å². The van der Waals surface area contributed by atoms with Gasteiger partial charge in [-0.15, -0.1) is 10.2 Å². The van der Waals surface area contributed by atoms with Crippen molar-refractivity contribution in [3.8, 4) is 17.1 Å². The van der Waals surface area contributed by atoms with Gasteiger partial charge in [-0.3, -0.25) is 14.3 Å². The largest absolute Gasteiger partial charge is 0.495 e. The van der Waals surface area contributed by atoms with Gasteiger partial charge in [0.1, 0.15) is 5.75 Å². The first-order chi connectivity index (χ1) is 13.2. The monoisotopic (exact) mass is 400 g/mol. The molecule has 0 amide bonds. The van der Waals surface area contributed by atoms with Gasteiger partial charge in [0.25, 0.3) is 0 Å². The number of pyridine rings is 1. The van der Waals surface area contributed by atoms with Crippen molar-refractivity contribution in [2.45, 2.75) is 24.0 Å². The van der Waals surface area contributed by atoms with Gasteiger partial charge in [0.05, 0.1) is 17.9 Å². The van der Waals surface area contributed by atoms with Crippen molar-refractivity contribution in [3.05, 3.63) is 53.3 Å². The van der Waals surface area contributed by atoms with E-state index in [4.69, 9.17) is 16.3 Å². The summed E-state index contributed by atoms with van der Waals surface area (Å²) < 4.78 is 7.25. The molecular weight excluding hydrogens is 384 g/mol. The Balaban J connectivity index is 1.52. The molecule has 1 saturated carbocycles. The molecule has 6 nitrogen and oxygen atoms in total. The van der Waals surface area contributed by atoms with Crippen LogP contribution in [0.3, 0.4) is 0 Å². The van der Waals surface area contributed by atoms with Gasteiger partial charge in [-0.25, -0.2) is 0 Å². The molecule has 1 fully saturated rings. The third-order valence-corrected chi connectivity index (χ3v) is 5.54. The summed E-state index contributed by atoms with van der Waals surface area (Å²) in [7, 11) is 1.54. The lowest BCUT2D eigenvalue weighted by Gasteiger charge is -2.09. The summed E-state index contributed by atoms with van der Waals surface area (Å²) in [4.78, 5) is 16.7. The summed E-state index contributed by atoms with van der Waals surface area (Å²) in [6, 6.07) is 9.30. The van der Waals surface area contributed by atoms with E-state index in [1.54, 1.807) is 37.7 Å². The van der Waals surface area contributed by atoms with Crippen LogP contribution in [0, 0.1) is 0 Å². The molecule has 1 aliphatic carbocycles. The highest BCUT2D eigenvalue weighted by Crippen LogP contribution is 2.41. The Bertz CT molecular complexity index is 973. The fourth-order valence-corrected chi connectivity index (χ4v) is 3.94. The van der Waals surface area contributed by atoms with Crippen molar-refractivity contribution in [1.82, 2.24) is 19.7 Å². The van der Waals surface area contributed by atoms with Crippen LogP contribution in [0.25, 0.3) is 11.4 Å². The van der Waals surface area contributed by atoms with E-state index in [-0.39, 0.29) is 11.5 Å². The van der Waals surface area contributed by atoms with Crippen LogP contribution < -0.4 is 4.74 Å². The number of aromatic nitrogens is 4. The van der Waals surface area contributed by atoms with Crippen LogP contribution in [-0.2, 0) is 0 Å². The predicted octanol–water partition coefficient (Wildman–Crippen LogP) is 4.31. The Labute approximate surface area is 165 Å². The van der Waals surface area contributed by atoms with Crippen LogP contribution in [0.4, 0.5) is 0 Å². The summed E-state index contributed by atoms with van der Waals surface area (Å²) >= 11 is 7.52. The van der Waals surface area contributed by atoms with Gasteiger partial charge in [-0.2, -0.15) is 0 Å². The standard InChI is InChI=1S/C19H17ClN4O2S/c1-26-17-7-4-12(9-15(17)20)16(25)11-27-19-23-22-18(24(19)14-5-6-14)13-3-2-8-21-10-13/h2-4,7-10,14H,5-6,11H2,1H3. The third kappa shape index (κ3) is 3.84. The molecule has 0 N–H and O–H groups in total. The molecule has 0 atom stereocenters. The number of thioether (sulfide) groups is 1. The lowest BCUT2D eigenvalue weighted by atomic mass is 10.1. The number of methoxy groups -OCH3 is 1. The minimum absolute atomic E-state index is 0.0159. The molecule has 4 rings (SSSR count). The normalized spacial score (nSPS) is 13.6. The van der Waals surface area contributed by atoms with E-state index < -0.39 is 0 Å². The van der Waals surface area contributed by atoms with Crippen molar-refractivity contribution in [2.75, 3.05) is 12.9 Å². The van der Waals surface area contributed by atoms with E-state index >= 15 is 0 Å². The fourth-order valence-electron chi connectivity index (χ4n) is 2.78. The number of halogens is 1. The Morgan fingerprint density at radius 3 is 2.85 bits per heavy atom. The lowest BCUT2D eigenvalue weighted by molar-refractivity contribution is 0.102. The lowest BCUT2D eigenvalue weighted by Crippen LogP contribution is -2.05. The van der Waals surface area contributed by atoms with Gasteiger partial charge in [0.2, 0.25) is 0 Å². The Morgan fingerprint density at radius 2 is 2.19 bits per heavy atom. The molecule has 3 aromatic rings. The molecule has 0 bridgehead atoms. The number of ether oxygens (including phenoxy) is 1. The van der Waals surface area contributed by atoms with Crippen LogP contribution in [0.15, 0.2) is 47.9 Å². The number of benzene rings is 1. The van der Waals surface area contributed by atoms with E-state index in [0.29, 0.717) is 22.4 Å². The van der Waals surface area contributed by atoms with Crippen molar-refractivity contribution in [1.29, 1.82) is 0 Å². The number of rotatable bonds is 7. The molecule has 0 spiro atoms. The maximum absolute atomic E-state index is 12.6. The van der Waals surface area contributed by atoms with E-state index in [0.717, 1.165) is 29.4 Å². The van der Waals surface area contributed by atoms with E-state index in [2.05, 4.69) is 19.7 Å². The van der Waals surface area contributed by atoms with Crippen molar-refractivity contribution in [2.24, 2.45) is 0 Å². The average molecular weight is 401 g/mol. The highest BCUT2D eigenvalue weighted by Gasteiger charge is 2.30. The third-order valence-electron chi connectivity index (χ3n) is 4.30. The zero-order chi connectivity index (χ0) is 18.8. The van der Waals surface area contributed by atoms with E-state index in [1.165, 1.54) is 11.8 Å². The molecule has 2 aromatic heterocycles. The number of carbonyl (C=O) groups excluding carboxylic acids is 1. The summed E-state index contributed by atoms with van der Waals surface area (Å²) in [5, 5.41) is 9.83. The van der Waals surface area contributed by atoms with E-state index in [9.17, 15) is 4.79 Å². The summed E-state index contributed by atoms with van der Waals surface area (Å²) in [6.07, 6.45) is 5.71. The van der Waals surface area contributed by atoms with Gasteiger partial charge in [0, 0.05) is 29.6 Å². The minimum atomic E-state index is -0.0159. The molecule has 0 aliphatic heterocycles. The van der Waals surface area contributed by atoms with Crippen LogP contribution in [0.2, 0.25) is 5.02 Å². The van der Waals surface area contributed by atoms with Gasteiger partial charge >= 0.3 is 0 Å². The fraction of sp³-hybridized carbons (Fsp3) is 0.263. The van der Waals surface area contributed by atoms with E-state index in [1.807, 2.05) is 12.1 Å². The van der Waals surface area contributed by atoms with Crippen LogP contribution in [-0.4, -0.2) is 38.4 Å². The molecule has 0 unspecified atom stereocenters. The smallest absolute Gasteiger partial charge is 0.192 e. The molecular formula is C19H17ClN4O2S. The average Bonchev–Trinajstić information content (AvgIpc) is 3.45. The van der Waals surface area contributed by atoms with Gasteiger partial charge in [-0.1, -0.05) is 23.4 Å². The maximum Gasteiger partial charge on any atom is 0.192 e. The highest BCUT2D eigenvalue weighted by molar-refractivity contribution is 7.99. The number of Topliss-reactive ketones (excluding diaryl/α,β-unsaturated/α-hetero) is 1. The zero-order valence-corrected chi connectivity index (χ0v) is 16.2. The van der Waals surface area contributed by atoms with Crippen LogP contribution >= 0.6 is 23.4 Å². The second kappa shape index (κ2) is 7.70. The van der Waals surface area contributed by atoms with Crippen LogP contribution in [0.5, 0.6) is 5.75 Å². The molecule has 0 saturated heterocycles. The number of ketones is 1. The van der Waals surface area contributed by atoms with Crippen molar-refractivity contribution >= 4 is 29.1 Å². The molecule has 0 radical (unpaired) electrons. The Kier molecular flexibility index (Phi) is 5.13. The first-order valence-corrected chi connectivity index (χ1v) is 9.88. The topological polar surface area (TPSA) is 69.9 Å². The minimum Gasteiger partial charge on any atom is -0.495 e. The molecule has 1 aliphatic rings. The van der Waals surface area contributed by atoms with Crippen molar-refractivity contribution < 1.29 is 9.53 Å². The molecule has 2 heterocycles. The second-order valence-electron chi connectivity index (χ2n) is 6.21. The van der Waals surface area contributed by atoms with Gasteiger partial charge in [-0.05, 0) is 43.2 Å². The quantitative estimate of drug-likeness (QED) is 0.434. The zero-order valence-electron chi connectivity index (χ0n) is 14.6. The van der Waals surface area contributed by atoms with Gasteiger partial charge < -0.3 is 4.74 Å². The first kappa shape index (κ1) is 18.0. The summed E-state index contributed by atoms with van der Waals surface area (Å²) in [5.41, 5.74) is 1.48. The molecule has 8 heteroatoms. The molecule has 138 valence electrons. The Morgan fingerprint density at radius 1 is 1.33 bits per heavy atom.